The predicted molar refractivity (Wildman–Crippen MR) is 156 cm³/mol. The van der Waals surface area contributed by atoms with E-state index in [1.165, 1.54) is 77.0 Å². The summed E-state index contributed by atoms with van der Waals surface area (Å²) in [4.78, 5) is 0. The second-order valence-electron chi connectivity index (χ2n) is 9.52. The highest BCUT2D eigenvalue weighted by Crippen LogP contribution is 2.33. The molecule has 3 nitrogen and oxygen atoms in total. The number of para-hydroxylation sites is 3. The zero-order valence-electron chi connectivity index (χ0n) is 22.0. The van der Waals surface area contributed by atoms with Crippen LogP contribution in [0.15, 0.2) is 79.0 Å². The summed E-state index contributed by atoms with van der Waals surface area (Å²) in [6.45, 7) is 2.28. The quantitative estimate of drug-likeness (QED) is 0.105. The molecule has 1 aromatic heterocycles. The number of anilines is 4. The van der Waals surface area contributed by atoms with Crippen molar-refractivity contribution in [3.8, 4) is 0 Å². The van der Waals surface area contributed by atoms with Crippen LogP contribution in [0, 0.1) is 0 Å². The Bertz CT molecular complexity index is 982. The third-order valence-electron chi connectivity index (χ3n) is 6.52. The molecule has 0 saturated heterocycles. The van der Waals surface area contributed by atoms with Gasteiger partial charge in [-0.25, -0.2) is 4.34 Å². The molecule has 0 fully saturated rings. The fourth-order valence-corrected chi connectivity index (χ4v) is 5.61. The Labute approximate surface area is 219 Å². The Morgan fingerprint density at radius 1 is 0.694 bits per heavy atom. The summed E-state index contributed by atoms with van der Waals surface area (Å²) in [5.41, 5.74) is 2.19. The first-order valence-electron chi connectivity index (χ1n) is 13.9. The Morgan fingerprint density at radius 3 is 1.97 bits per heavy atom. The van der Waals surface area contributed by atoms with Crippen molar-refractivity contribution in [1.82, 2.24) is 0 Å². The summed E-state index contributed by atoms with van der Waals surface area (Å²) < 4.78 is 17.8. The minimum Gasteiger partial charge on any atom is -0.352 e. The number of aromatic nitrogens is 1. The van der Waals surface area contributed by atoms with Crippen LogP contribution in [0.5, 0.6) is 0 Å². The molecule has 0 spiro atoms. The average Bonchev–Trinajstić information content (AvgIpc) is 2.92. The highest BCUT2D eigenvalue weighted by Gasteiger charge is 2.25. The van der Waals surface area contributed by atoms with Crippen LogP contribution in [0.4, 0.5) is 27.4 Å². The first kappa shape index (κ1) is 28.1. The predicted octanol–water partition coefficient (Wildman–Crippen LogP) is 9.88. The van der Waals surface area contributed by atoms with E-state index in [0.29, 0.717) is 20.2 Å². The Hall–Kier alpha value is -2.45. The Morgan fingerprint density at radius 2 is 1.28 bits per heavy atom. The minimum absolute atomic E-state index is 0.511. The number of hydrogen-bond donors (Lipinski definition) is 1. The van der Waals surface area contributed by atoms with Crippen LogP contribution in [-0.2, 0) is 0 Å². The van der Waals surface area contributed by atoms with Crippen molar-refractivity contribution in [2.75, 3.05) is 16.6 Å². The average molecular weight is 509 g/mol. The molecule has 3 rings (SSSR count). The van der Waals surface area contributed by atoms with Crippen LogP contribution < -0.4 is 14.8 Å². The van der Waals surface area contributed by atoms with Crippen molar-refractivity contribution in [2.24, 2.45) is 0 Å². The molecule has 2 aromatic carbocycles. The lowest BCUT2D eigenvalue weighted by Gasteiger charge is -2.14. The van der Waals surface area contributed by atoms with Crippen LogP contribution >= 0.6 is 8.73 Å². The molecule has 0 aliphatic rings. The van der Waals surface area contributed by atoms with E-state index in [1.807, 2.05) is 79.0 Å². The van der Waals surface area contributed by atoms with Crippen molar-refractivity contribution in [3.63, 3.8) is 0 Å². The fourth-order valence-electron chi connectivity index (χ4n) is 4.44. The molecule has 36 heavy (non-hydrogen) atoms. The number of benzene rings is 2. The normalized spacial score (nSPS) is 11.3. The fraction of sp³-hybridized carbons (Fsp3) is 0.452. The number of nitrogens with one attached hydrogen (secondary N) is 1. The van der Waals surface area contributed by atoms with E-state index in [-0.39, 0.29) is 0 Å². The molecule has 1 heterocycles. The van der Waals surface area contributed by atoms with Gasteiger partial charge >= 0.3 is 5.82 Å². The SMILES string of the molecule is CCCCCCCCCCCCCCP[n+]1ccccc1N(F)c1ccccc1Nc1ccccc1. The molecular formula is C31H44FN3P+. The van der Waals surface area contributed by atoms with Crippen LogP contribution in [0.25, 0.3) is 0 Å². The van der Waals surface area contributed by atoms with Crippen LogP contribution in [0.1, 0.15) is 84.0 Å². The highest BCUT2D eigenvalue weighted by atomic mass is 31.1. The molecule has 1 unspecified atom stereocenters. The second kappa shape index (κ2) is 17.1. The zero-order chi connectivity index (χ0) is 25.3. The third kappa shape index (κ3) is 9.90. The zero-order valence-corrected chi connectivity index (χ0v) is 23.0. The van der Waals surface area contributed by atoms with Crippen molar-refractivity contribution in [1.29, 1.82) is 0 Å². The van der Waals surface area contributed by atoms with Crippen molar-refractivity contribution >= 4 is 31.6 Å². The summed E-state index contributed by atoms with van der Waals surface area (Å²) in [6.07, 6.45) is 19.4. The maximum atomic E-state index is 15.7. The summed E-state index contributed by atoms with van der Waals surface area (Å²) in [6, 6.07) is 23.2. The molecule has 0 radical (unpaired) electrons. The number of halogens is 1. The number of rotatable bonds is 18. The summed E-state index contributed by atoms with van der Waals surface area (Å²) in [5, 5.41) is 4.16. The standard InChI is InChI=1S/C31H44FN3P/c1-2-3-4-5-6-7-8-9-10-11-12-20-27-36-34-26-19-18-25-31(34)35(32)30-24-17-16-23-29(30)33-28-21-14-13-15-22-28/h13-19,21-26,33,36H,2-12,20,27H2,1H3/q+1. The molecule has 0 saturated carbocycles. The summed E-state index contributed by atoms with van der Waals surface area (Å²) in [5.74, 6) is 0.567. The first-order chi connectivity index (χ1) is 17.8. The van der Waals surface area contributed by atoms with E-state index in [2.05, 4.69) is 16.6 Å². The lowest BCUT2D eigenvalue weighted by molar-refractivity contribution is -0.492. The largest absolute Gasteiger partial charge is 0.352 e. The molecule has 194 valence electrons. The van der Waals surface area contributed by atoms with Gasteiger partial charge in [0.2, 0.25) is 0 Å². The van der Waals surface area contributed by atoms with E-state index in [1.54, 1.807) is 0 Å². The number of pyridine rings is 1. The molecule has 1 N–H and O–H groups in total. The second-order valence-corrected chi connectivity index (χ2v) is 10.8. The maximum absolute atomic E-state index is 15.7. The molecule has 1 atom stereocenters. The lowest BCUT2D eigenvalue weighted by Crippen LogP contribution is -2.30. The molecular weight excluding hydrogens is 464 g/mol. The number of nitrogens with zero attached hydrogens (tertiary/aromatic N) is 2. The van der Waals surface area contributed by atoms with E-state index in [4.69, 9.17) is 0 Å². The molecule has 0 bridgehead atoms. The van der Waals surface area contributed by atoms with Crippen molar-refractivity contribution in [2.45, 2.75) is 84.0 Å². The molecule has 0 aliphatic carbocycles. The molecule has 0 aliphatic heterocycles. The monoisotopic (exact) mass is 508 g/mol. The van der Waals surface area contributed by atoms with Gasteiger partial charge in [0.15, 0.2) is 5.69 Å². The smallest absolute Gasteiger partial charge is 0.320 e. The van der Waals surface area contributed by atoms with Crippen LogP contribution in [0.3, 0.4) is 0 Å². The van der Waals surface area contributed by atoms with Gasteiger partial charge in [0.25, 0.3) is 0 Å². The summed E-state index contributed by atoms with van der Waals surface area (Å²) in [7, 11) is 0.537. The molecule has 5 heteroatoms. The van der Waals surface area contributed by atoms with Gasteiger partial charge in [0.05, 0.1) is 20.6 Å². The van der Waals surface area contributed by atoms with E-state index < -0.39 is 0 Å². The van der Waals surface area contributed by atoms with Gasteiger partial charge in [-0.15, -0.1) is 0 Å². The number of hydrogen-bond acceptors (Lipinski definition) is 2. The van der Waals surface area contributed by atoms with Gasteiger partial charge < -0.3 is 5.32 Å². The minimum atomic E-state index is 0.511. The van der Waals surface area contributed by atoms with Gasteiger partial charge in [-0.05, 0) is 41.9 Å². The lowest BCUT2D eigenvalue weighted by atomic mass is 10.1. The van der Waals surface area contributed by atoms with E-state index >= 15 is 4.48 Å². The highest BCUT2D eigenvalue weighted by molar-refractivity contribution is 7.30. The van der Waals surface area contributed by atoms with E-state index in [9.17, 15) is 0 Å². The van der Waals surface area contributed by atoms with Gasteiger partial charge in [-0.1, -0.05) is 114 Å². The molecule has 0 amide bonds. The van der Waals surface area contributed by atoms with Crippen molar-refractivity contribution < 1.29 is 8.82 Å². The third-order valence-corrected chi connectivity index (χ3v) is 7.82. The Kier molecular flexibility index (Phi) is 13.3. The van der Waals surface area contributed by atoms with Gasteiger partial charge in [-0.3, -0.25) is 0 Å². The maximum Gasteiger partial charge on any atom is 0.320 e. The van der Waals surface area contributed by atoms with Gasteiger partial charge in [-0.2, -0.15) is 0 Å². The first-order valence-corrected chi connectivity index (χ1v) is 15.1. The summed E-state index contributed by atoms with van der Waals surface area (Å²) >= 11 is 0. The Balaban J connectivity index is 1.42. The van der Waals surface area contributed by atoms with E-state index in [0.717, 1.165) is 22.7 Å². The van der Waals surface area contributed by atoms with Gasteiger partial charge in [0.1, 0.15) is 0 Å². The van der Waals surface area contributed by atoms with Crippen LogP contribution in [0.2, 0.25) is 0 Å². The number of unbranched alkanes of at least 4 members (excludes halogenated alkanes) is 11. The van der Waals surface area contributed by atoms with Gasteiger partial charge in [0, 0.05) is 22.4 Å². The molecule has 3 aromatic rings. The topological polar surface area (TPSA) is 19.1 Å². The van der Waals surface area contributed by atoms with Crippen LogP contribution in [-0.4, -0.2) is 6.16 Å². The van der Waals surface area contributed by atoms with Crippen molar-refractivity contribution in [3.05, 3.63) is 79.0 Å².